The maximum atomic E-state index is 12.4. The number of nitrogens with one attached hydrogen (secondary N) is 1. The van der Waals surface area contributed by atoms with Gasteiger partial charge in [0.05, 0.1) is 5.75 Å². The van der Waals surface area contributed by atoms with E-state index >= 15 is 0 Å². The van der Waals surface area contributed by atoms with Crippen LogP contribution in [0.15, 0.2) is 57.9 Å². The zero-order valence-corrected chi connectivity index (χ0v) is 16.7. The molecule has 0 saturated carbocycles. The maximum Gasteiger partial charge on any atom is 0.253 e. The van der Waals surface area contributed by atoms with Crippen LogP contribution in [0, 0.1) is 0 Å². The van der Waals surface area contributed by atoms with Crippen molar-refractivity contribution in [2.24, 2.45) is 0 Å². The predicted molar refractivity (Wildman–Crippen MR) is 107 cm³/mol. The van der Waals surface area contributed by atoms with Crippen LogP contribution in [0.4, 0.5) is 5.69 Å². The van der Waals surface area contributed by atoms with Crippen LogP contribution in [0.2, 0.25) is 0 Å². The van der Waals surface area contributed by atoms with E-state index in [9.17, 15) is 9.59 Å². The molecule has 0 heterocycles. The number of rotatable bonds is 7. The molecule has 0 fully saturated rings. The second-order valence-corrected chi connectivity index (χ2v) is 7.31. The highest BCUT2D eigenvalue weighted by Gasteiger charge is 2.13. The first kappa shape index (κ1) is 19.5. The van der Waals surface area contributed by atoms with Gasteiger partial charge in [-0.15, -0.1) is 11.8 Å². The average molecular weight is 421 g/mol. The first-order valence-electron chi connectivity index (χ1n) is 8.11. The van der Waals surface area contributed by atoms with Crippen molar-refractivity contribution < 1.29 is 9.59 Å². The molecule has 4 nitrogen and oxygen atoms in total. The molecule has 2 aromatic carbocycles. The number of hydrogen-bond acceptors (Lipinski definition) is 3. The summed E-state index contributed by atoms with van der Waals surface area (Å²) in [5.41, 5.74) is 1.22. The minimum Gasteiger partial charge on any atom is -0.339 e. The molecule has 0 spiro atoms. The molecule has 132 valence electrons. The zero-order chi connectivity index (χ0) is 18.2. The molecule has 0 radical (unpaired) electrons. The fourth-order valence-electron chi connectivity index (χ4n) is 2.30. The summed E-state index contributed by atoms with van der Waals surface area (Å²) in [6.07, 6.45) is 0. The Bertz CT molecular complexity index is 730. The Morgan fingerprint density at radius 1 is 1.08 bits per heavy atom. The summed E-state index contributed by atoms with van der Waals surface area (Å²) in [4.78, 5) is 27.3. The third-order valence-electron chi connectivity index (χ3n) is 3.63. The van der Waals surface area contributed by atoms with Gasteiger partial charge in [0.15, 0.2) is 0 Å². The Balaban J connectivity index is 1.95. The number of carbonyl (C=O) groups is 2. The van der Waals surface area contributed by atoms with E-state index in [1.807, 2.05) is 38.1 Å². The van der Waals surface area contributed by atoms with Crippen molar-refractivity contribution in [3.8, 4) is 0 Å². The Kier molecular flexibility index (Phi) is 7.52. The highest BCUT2D eigenvalue weighted by molar-refractivity contribution is 9.10. The monoisotopic (exact) mass is 420 g/mol. The molecule has 0 aliphatic rings. The van der Waals surface area contributed by atoms with E-state index in [0.717, 1.165) is 9.37 Å². The molecule has 0 aromatic heterocycles. The zero-order valence-electron chi connectivity index (χ0n) is 14.3. The SMILES string of the molecule is CCN(CC)C(=O)c1cccc(NC(=O)CSc2ccc(Br)cc2)c1. The molecular weight excluding hydrogens is 400 g/mol. The summed E-state index contributed by atoms with van der Waals surface area (Å²) in [7, 11) is 0. The van der Waals surface area contributed by atoms with Crippen molar-refractivity contribution in [2.45, 2.75) is 18.7 Å². The first-order chi connectivity index (χ1) is 12.0. The van der Waals surface area contributed by atoms with Crippen molar-refractivity contribution in [1.82, 2.24) is 4.90 Å². The lowest BCUT2D eigenvalue weighted by Gasteiger charge is -2.19. The first-order valence-corrected chi connectivity index (χ1v) is 9.89. The molecule has 0 aliphatic heterocycles. The number of thioether (sulfide) groups is 1. The maximum absolute atomic E-state index is 12.4. The lowest BCUT2D eigenvalue weighted by atomic mass is 10.1. The Hall–Kier alpha value is -1.79. The minimum absolute atomic E-state index is 0.0228. The number of carbonyl (C=O) groups excluding carboxylic acids is 2. The van der Waals surface area contributed by atoms with Crippen molar-refractivity contribution >= 4 is 45.2 Å². The second kappa shape index (κ2) is 9.63. The van der Waals surface area contributed by atoms with Crippen LogP contribution in [0.25, 0.3) is 0 Å². The van der Waals surface area contributed by atoms with Gasteiger partial charge in [-0.1, -0.05) is 22.0 Å². The quantitative estimate of drug-likeness (QED) is 0.662. The number of anilines is 1. The fraction of sp³-hybridized carbons (Fsp3) is 0.263. The summed E-state index contributed by atoms with van der Waals surface area (Å²) in [5, 5.41) is 2.85. The normalized spacial score (nSPS) is 10.4. The van der Waals surface area contributed by atoms with Gasteiger partial charge in [0.25, 0.3) is 5.91 Å². The van der Waals surface area contributed by atoms with Crippen LogP contribution in [0.3, 0.4) is 0 Å². The number of halogens is 1. The molecule has 0 atom stereocenters. The predicted octanol–water partition coefficient (Wildman–Crippen LogP) is 4.66. The third-order valence-corrected chi connectivity index (χ3v) is 5.17. The van der Waals surface area contributed by atoms with Crippen molar-refractivity contribution in [2.75, 3.05) is 24.2 Å². The summed E-state index contributed by atoms with van der Waals surface area (Å²) in [6, 6.07) is 14.9. The van der Waals surface area contributed by atoms with Gasteiger partial charge in [-0.3, -0.25) is 9.59 Å². The molecule has 1 N–H and O–H groups in total. The van der Waals surface area contributed by atoms with Crippen LogP contribution in [-0.2, 0) is 4.79 Å². The van der Waals surface area contributed by atoms with Crippen LogP contribution < -0.4 is 5.32 Å². The van der Waals surface area contributed by atoms with Crippen molar-refractivity contribution in [3.05, 3.63) is 58.6 Å². The molecule has 0 bridgehead atoms. The van der Waals surface area contributed by atoms with Gasteiger partial charge >= 0.3 is 0 Å². The van der Waals surface area contributed by atoms with E-state index in [0.29, 0.717) is 30.1 Å². The molecule has 2 aromatic rings. The topological polar surface area (TPSA) is 49.4 Å². The minimum atomic E-state index is -0.0969. The lowest BCUT2D eigenvalue weighted by Crippen LogP contribution is -2.30. The standard InChI is InChI=1S/C19H21BrN2O2S/c1-3-22(4-2)19(24)14-6-5-7-16(12-14)21-18(23)13-25-17-10-8-15(20)9-11-17/h5-12H,3-4,13H2,1-2H3,(H,21,23). The molecule has 2 rings (SSSR count). The van der Waals surface area contributed by atoms with E-state index in [4.69, 9.17) is 0 Å². The largest absolute Gasteiger partial charge is 0.339 e. The van der Waals surface area contributed by atoms with E-state index in [1.165, 1.54) is 11.8 Å². The van der Waals surface area contributed by atoms with Gasteiger partial charge in [-0.2, -0.15) is 0 Å². The molecule has 0 unspecified atom stereocenters. The number of amides is 2. The molecular formula is C19H21BrN2O2S. The molecule has 25 heavy (non-hydrogen) atoms. The summed E-state index contributed by atoms with van der Waals surface area (Å²) < 4.78 is 1.01. The van der Waals surface area contributed by atoms with Gasteiger partial charge in [-0.25, -0.2) is 0 Å². The lowest BCUT2D eigenvalue weighted by molar-refractivity contribution is -0.113. The van der Waals surface area contributed by atoms with Gasteiger partial charge in [0, 0.05) is 33.7 Å². The van der Waals surface area contributed by atoms with E-state index < -0.39 is 0 Å². The highest BCUT2D eigenvalue weighted by atomic mass is 79.9. The Morgan fingerprint density at radius 2 is 1.76 bits per heavy atom. The van der Waals surface area contributed by atoms with Crippen LogP contribution in [-0.4, -0.2) is 35.6 Å². The summed E-state index contributed by atoms with van der Waals surface area (Å²) in [6.45, 7) is 5.23. The fourth-order valence-corrected chi connectivity index (χ4v) is 3.26. The number of nitrogens with zero attached hydrogens (tertiary/aromatic N) is 1. The smallest absolute Gasteiger partial charge is 0.253 e. The molecule has 0 aliphatic carbocycles. The van der Waals surface area contributed by atoms with E-state index in [2.05, 4.69) is 21.2 Å². The van der Waals surface area contributed by atoms with Gasteiger partial charge < -0.3 is 10.2 Å². The van der Waals surface area contributed by atoms with E-state index in [-0.39, 0.29) is 11.8 Å². The summed E-state index contributed by atoms with van der Waals surface area (Å²) in [5.74, 6) is 0.196. The third kappa shape index (κ3) is 5.90. The van der Waals surface area contributed by atoms with Crippen LogP contribution in [0.1, 0.15) is 24.2 Å². The second-order valence-electron chi connectivity index (χ2n) is 5.35. The van der Waals surface area contributed by atoms with Crippen LogP contribution in [0.5, 0.6) is 0 Å². The average Bonchev–Trinajstić information content (AvgIpc) is 2.62. The molecule has 6 heteroatoms. The highest BCUT2D eigenvalue weighted by Crippen LogP contribution is 2.21. The number of benzene rings is 2. The van der Waals surface area contributed by atoms with Crippen molar-refractivity contribution in [3.63, 3.8) is 0 Å². The number of hydrogen-bond donors (Lipinski definition) is 1. The van der Waals surface area contributed by atoms with Crippen LogP contribution >= 0.6 is 27.7 Å². The van der Waals surface area contributed by atoms with E-state index in [1.54, 1.807) is 29.2 Å². The Morgan fingerprint density at radius 3 is 2.40 bits per heavy atom. The van der Waals surface area contributed by atoms with Gasteiger partial charge in [-0.05, 0) is 56.3 Å². The molecule has 0 saturated heterocycles. The molecule has 2 amide bonds. The summed E-state index contributed by atoms with van der Waals surface area (Å²) >= 11 is 4.86. The van der Waals surface area contributed by atoms with Gasteiger partial charge in [0.1, 0.15) is 0 Å². The van der Waals surface area contributed by atoms with Crippen molar-refractivity contribution in [1.29, 1.82) is 0 Å². The Labute approximate surface area is 161 Å². The van der Waals surface area contributed by atoms with Gasteiger partial charge in [0.2, 0.25) is 5.91 Å².